The Labute approximate surface area is 124 Å². The van der Waals surface area contributed by atoms with Gasteiger partial charge in [0.2, 0.25) is 0 Å². The molecule has 1 heterocycles. The predicted molar refractivity (Wildman–Crippen MR) is 83.6 cm³/mol. The van der Waals surface area contributed by atoms with Crippen LogP contribution in [0, 0.1) is 19.7 Å². The number of rotatable bonds is 3. The van der Waals surface area contributed by atoms with E-state index < -0.39 is 0 Å². The van der Waals surface area contributed by atoms with E-state index in [1.807, 2.05) is 13.0 Å². The van der Waals surface area contributed by atoms with Crippen molar-refractivity contribution in [1.29, 1.82) is 0 Å². The Morgan fingerprint density at radius 2 is 1.95 bits per heavy atom. The zero-order valence-corrected chi connectivity index (χ0v) is 13.5. The molecule has 0 unspecified atom stereocenters. The highest BCUT2D eigenvalue weighted by Crippen LogP contribution is 2.29. The van der Waals surface area contributed by atoms with E-state index in [1.165, 1.54) is 10.9 Å². The maximum absolute atomic E-state index is 13.3. The van der Waals surface area contributed by atoms with Crippen molar-refractivity contribution < 1.29 is 4.39 Å². The second kappa shape index (κ2) is 5.62. The van der Waals surface area contributed by atoms with Gasteiger partial charge in [0.1, 0.15) is 10.8 Å². The van der Waals surface area contributed by atoms with E-state index in [2.05, 4.69) is 31.1 Å². The second-order valence-corrected chi connectivity index (χ2v) is 7.18. The van der Waals surface area contributed by atoms with Crippen LogP contribution in [0.2, 0.25) is 0 Å². The molecule has 0 spiro atoms. The van der Waals surface area contributed by atoms with Gasteiger partial charge in [-0.3, -0.25) is 0 Å². The van der Waals surface area contributed by atoms with Crippen molar-refractivity contribution in [3.63, 3.8) is 0 Å². The molecule has 2 nitrogen and oxygen atoms in total. The van der Waals surface area contributed by atoms with E-state index in [0.29, 0.717) is 5.56 Å². The standard InChI is InChI=1S/C16H21FN2S/c1-10-8-12(6-7-13(10)17)15-19-11(2)14(20-15)9-18-16(3,4)5/h6-8,18H,9H2,1-5H3. The van der Waals surface area contributed by atoms with E-state index >= 15 is 0 Å². The van der Waals surface area contributed by atoms with Crippen molar-refractivity contribution in [1.82, 2.24) is 10.3 Å². The molecule has 0 atom stereocenters. The van der Waals surface area contributed by atoms with Crippen molar-refractivity contribution in [2.75, 3.05) is 0 Å². The van der Waals surface area contributed by atoms with Crippen LogP contribution < -0.4 is 5.32 Å². The highest BCUT2D eigenvalue weighted by Gasteiger charge is 2.14. The molecule has 0 fully saturated rings. The zero-order chi connectivity index (χ0) is 14.9. The summed E-state index contributed by atoms with van der Waals surface area (Å²) in [5.74, 6) is -0.170. The molecular weight excluding hydrogens is 271 g/mol. The Morgan fingerprint density at radius 3 is 2.55 bits per heavy atom. The summed E-state index contributed by atoms with van der Waals surface area (Å²) < 4.78 is 13.3. The van der Waals surface area contributed by atoms with E-state index in [9.17, 15) is 4.39 Å². The summed E-state index contributed by atoms with van der Waals surface area (Å²) in [6.07, 6.45) is 0. The van der Waals surface area contributed by atoms with Gasteiger partial charge < -0.3 is 5.32 Å². The van der Waals surface area contributed by atoms with Crippen molar-refractivity contribution in [3.05, 3.63) is 40.2 Å². The van der Waals surface area contributed by atoms with Gasteiger partial charge in [-0.2, -0.15) is 0 Å². The largest absolute Gasteiger partial charge is 0.307 e. The molecule has 2 aromatic rings. The third-order valence-corrected chi connectivity index (χ3v) is 4.28. The molecule has 4 heteroatoms. The fourth-order valence-corrected chi connectivity index (χ4v) is 2.84. The molecule has 1 aromatic carbocycles. The Kier molecular flexibility index (Phi) is 4.25. The first-order chi connectivity index (χ1) is 9.26. The summed E-state index contributed by atoms with van der Waals surface area (Å²) in [5.41, 5.74) is 2.77. The normalized spacial score (nSPS) is 11.9. The summed E-state index contributed by atoms with van der Waals surface area (Å²) >= 11 is 1.67. The lowest BCUT2D eigenvalue weighted by molar-refractivity contribution is 0.425. The summed E-state index contributed by atoms with van der Waals surface area (Å²) in [5, 5.41) is 4.43. The quantitative estimate of drug-likeness (QED) is 0.903. The lowest BCUT2D eigenvalue weighted by Crippen LogP contribution is -2.34. The van der Waals surface area contributed by atoms with Crippen LogP contribution in [-0.4, -0.2) is 10.5 Å². The number of benzene rings is 1. The van der Waals surface area contributed by atoms with Crippen LogP contribution in [0.4, 0.5) is 4.39 Å². The van der Waals surface area contributed by atoms with Gasteiger partial charge in [-0.25, -0.2) is 9.37 Å². The molecular formula is C16H21FN2S. The number of hydrogen-bond donors (Lipinski definition) is 1. The Morgan fingerprint density at radius 1 is 1.25 bits per heavy atom. The minimum Gasteiger partial charge on any atom is -0.307 e. The molecule has 0 amide bonds. The fraction of sp³-hybridized carbons (Fsp3) is 0.438. The van der Waals surface area contributed by atoms with Gasteiger partial charge in [0, 0.05) is 22.5 Å². The number of halogens is 1. The number of hydrogen-bond acceptors (Lipinski definition) is 3. The van der Waals surface area contributed by atoms with Crippen molar-refractivity contribution >= 4 is 11.3 Å². The predicted octanol–water partition coefficient (Wildman–Crippen LogP) is 4.45. The molecule has 0 aliphatic carbocycles. The van der Waals surface area contributed by atoms with Crippen molar-refractivity contribution in [2.24, 2.45) is 0 Å². The smallest absolute Gasteiger partial charge is 0.126 e. The molecule has 0 bridgehead atoms. The lowest BCUT2D eigenvalue weighted by atomic mass is 10.1. The van der Waals surface area contributed by atoms with Gasteiger partial charge >= 0.3 is 0 Å². The Bertz CT molecular complexity index is 611. The van der Waals surface area contributed by atoms with E-state index in [1.54, 1.807) is 24.3 Å². The van der Waals surface area contributed by atoms with Crippen LogP contribution in [0.15, 0.2) is 18.2 Å². The molecule has 0 saturated carbocycles. The Hall–Kier alpha value is -1.26. The molecule has 1 aromatic heterocycles. The molecule has 0 radical (unpaired) electrons. The van der Waals surface area contributed by atoms with E-state index in [4.69, 9.17) is 0 Å². The average molecular weight is 292 g/mol. The highest BCUT2D eigenvalue weighted by atomic mass is 32.1. The summed E-state index contributed by atoms with van der Waals surface area (Å²) in [6, 6.07) is 5.16. The topological polar surface area (TPSA) is 24.9 Å². The first-order valence-electron chi connectivity index (χ1n) is 6.74. The number of thiazole rings is 1. The first-order valence-corrected chi connectivity index (χ1v) is 7.56. The fourth-order valence-electron chi connectivity index (χ4n) is 1.84. The molecule has 20 heavy (non-hydrogen) atoms. The number of nitrogens with zero attached hydrogens (tertiary/aromatic N) is 1. The summed E-state index contributed by atoms with van der Waals surface area (Å²) in [6.45, 7) is 11.1. The van der Waals surface area contributed by atoms with Gasteiger partial charge in [0.05, 0.1) is 5.69 Å². The molecule has 0 aliphatic rings. The maximum Gasteiger partial charge on any atom is 0.126 e. The molecule has 2 rings (SSSR count). The number of aryl methyl sites for hydroxylation is 2. The molecule has 0 saturated heterocycles. The van der Waals surface area contributed by atoms with Crippen LogP contribution in [0.1, 0.15) is 36.9 Å². The minimum atomic E-state index is -0.170. The van der Waals surface area contributed by atoms with Crippen LogP contribution in [-0.2, 0) is 6.54 Å². The van der Waals surface area contributed by atoms with Crippen LogP contribution in [0.25, 0.3) is 10.6 Å². The van der Waals surface area contributed by atoms with Crippen LogP contribution in [0.5, 0.6) is 0 Å². The summed E-state index contributed by atoms with van der Waals surface area (Å²) in [7, 11) is 0. The van der Waals surface area contributed by atoms with Gasteiger partial charge in [-0.1, -0.05) is 0 Å². The zero-order valence-electron chi connectivity index (χ0n) is 12.7. The lowest BCUT2D eigenvalue weighted by Gasteiger charge is -2.19. The highest BCUT2D eigenvalue weighted by molar-refractivity contribution is 7.15. The van der Waals surface area contributed by atoms with Gasteiger partial charge in [0.15, 0.2) is 0 Å². The number of aromatic nitrogens is 1. The van der Waals surface area contributed by atoms with E-state index in [0.717, 1.165) is 22.8 Å². The van der Waals surface area contributed by atoms with Gasteiger partial charge in [0.25, 0.3) is 0 Å². The minimum absolute atomic E-state index is 0.0864. The van der Waals surface area contributed by atoms with E-state index in [-0.39, 0.29) is 11.4 Å². The first kappa shape index (κ1) is 15.1. The third-order valence-electron chi connectivity index (χ3n) is 3.08. The van der Waals surface area contributed by atoms with Crippen LogP contribution >= 0.6 is 11.3 Å². The maximum atomic E-state index is 13.3. The van der Waals surface area contributed by atoms with Crippen LogP contribution in [0.3, 0.4) is 0 Å². The van der Waals surface area contributed by atoms with Gasteiger partial charge in [-0.15, -0.1) is 11.3 Å². The number of nitrogens with one attached hydrogen (secondary N) is 1. The third kappa shape index (κ3) is 3.64. The monoisotopic (exact) mass is 292 g/mol. The second-order valence-electron chi connectivity index (χ2n) is 6.10. The average Bonchev–Trinajstić information content (AvgIpc) is 2.71. The van der Waals surface area contributed by atoms with Crippen molar-refractivity contribution in [3.8, 4) is 10.6 Å². The van der Waals surface area contributed by atoms with Gasteiger partial charge in [-0.05, 0) is 58.4 Å². The Balaban J connectivity index is 2.24. The molecule has 0 aliphatic heterocycles. The summed E-state index contributed by atoms with van der Waals surface area (Å²) in [4.78, 5) is 5.84. The molecule has 1 N–H and O–H groups in total. The SMILES string of the molecule is Cc1cc(-c2nc(C)c(CNC(C)(C)C)s2)ccc1F. The molecule has 108 valence electrons. The van der Waals surface area contributed by atoms with Crippen molar-refractivity contribution in [2.45, 2.75) is 46.7 Å².